The second kappa shape index (κ2) is 8.22. The van der Waals surface area contributed by atoms with Crippen LogP contribution in [0.4, 0.5) is 5.69 Å². The standard InChI is InChI=1S/C23H20BrN5O2S/c1-13-4-3-5-16(8-13)29-21-18(11-25-29)22(31)28-17(12-32-23(28)27-21)10-20(30)26-15-6-7-19(24)14(2)9-15/h3-9,11,17H,10,12H2,1-2H3,(H,26,30). The second-order valence-electron chi connectivity index (χ2n) is 7.88. The topological polar surface area (TPSA) is 81.8 Å². The summed E-state index contributed by atoms with van der Waals surface area (Å²) in [6.45, 7) is 3.98. The number of nitrogens with zero attached hydrogens (tertiary/aromatic N) is 4. The first-order chi connectivity index (χ1) is 15.4. The van der Waals surface area contributed by atoms with E-state index >= 15 is 0 Å². The smallest absolute Gasteiger partial charge is 0.265 e. The molecule has 32 heavy (non-hydrogen) atoms. The van der Waals surface area contributed by atoms with Crippen molar-refractivity contribution >= 4 is 50.3 Å². The summed E-state index contributed by atoms with van der Waals surface area (Å²) in [5.41, 5.74) is 4.12. The van der Waals surface area contributed by atoms with Gasteiger partial charge in [-0.15, -0.1) is 0 Å². The number of hydrogen-bond donors (Lipinski definition) is 1. The Morgan fingerprint density at radius 1 is 1.25 bits per heavy atom. The van der Waals surface area contributed by atoms with Crippen LogP contribution < -0.4 is 10.9 Å². The highest BCUT2D eigenvalue weighted by molar-refractivity contribution is 9.10. The van der Waals surface area contributed by atoms with Crippen LogP contribution in [0, 0.1) is 13.8 Å². The van der Waals surface area contributed by atoms with Crippen LogP contribution in [0.3, 0.4) is 0 Å². The van der Waals surface area contributed by atoms with Gasteiger partial charge in [0.25, 0.3) is 5.56 Å². The Bertz CT molecular complexity index is 1430. The van der Waals surface area contributed by atoms with E-state index in [-0.39, 0.29) is 23.9 Å². The first kappa shape index (κ1) is 21.0. The molecule has 0 saturated carbocycles. The fourth-order valence-electron chi connectivity index (χ4n) is 3.88. The average Bonchev–Trinajstić information content (AvgIpc) is 3.36. The maximum atomic E-state index is 13.3. The molecule has 1 unspecified atom stereocenters. The Morgan fingerprint density at radius 2 is 2.09 bits per heavy atom. The summed E-state index contributed by atoms with van der Waals surface area (Å²) in [7, 11) is 0. The van der Waals surface area contributed by atoms with Crippen molar-refractivity contribution < 1.29 is 4.79 Å². The molecule has 1 N–H and O–H groups in total. The molecule has 1 atom stereocenters. The van der Waals surface area contributed by atoms with Gasteiger partial charge in [0.05, 0.1) is 17.9 Å². The number of benzene rings is 2. The van der Waals surface area contributed by atoms with Crippen molar-refractivity contribution in [1.82, 2.24) is 19.3 Å². The molecule has 9 heteroatoms. The minimum Gasteiger partial charge on any atom is -0.326 e. The molecule has 7 nitrogen and oxygen atoms in total. The fraction of sp³-hybridized carbons (Fsp3) is 0.217. The van der Waals surface area contributed by atoms with Crippen LogP contribution in [-0.2, 0) is 4.79 Å². The monoisotopic (exact) mass is 509 g/mol. The third kappa shape index (κ3) is 3.75. The molecule has 0 radical (unpaired) electrons. The molecule has 0 bridgehead atoms. The number of nitrogens with one attached hydrogen (secondary N) is 1. The molecule has 0 spiro atoms. The van der Waals surface area contributed by atoms with Crippen LogP contribution in [0.25, 0.3) is 16.7 Å². The zero-order valence-corrected chi connectivity index (χ0v) is 19.9. The van der Waals surface area contributed by atoms with E-state index in [1.807, 2.05) is 56.3 Å². The number of halogens is 1. The SMILES string of the molecule is Cc1cccc(-n2ncc3c(=O)n4c(nc32)SCC4CC(=O)Nc2ccc(Br)c(C)c2)c1. The summed E-state index contributed by atoms with van der Waals surface area (Å²) in [6.07, 6.45) is 1.76. The molecular weight excluding hydrogens is 490 g/mol. The largest absolute Gasteiger partial charge is 0.326 e. The number of anilines is 1. The minimum atomic E-state index is -0.252. The summed E-state index contributed by atoms with van der Waals surface area (Å²) in [4.78, 5) is 30.7. The fourth-order valence-corrected chi connectivity index (χ4v) is 5.26. The average molecular weight is 510 g/mol. The van der Waals surface area contributed by atoms with Gasteiger partial charge in [0, 0.05) is 22.3 Å². The van der Waals surface area contributed by atoms with Gasteiger partial charge in [-0.1, -0.05) is 39.8 Å². The molecule has 0 saturated heterocycles. The van der Waals surface area contributed by atoms with Crippen molar-refractivity contribution in [2.45, 2.75) is 31.5 Å². The third-order valence-electron chi connectivity index (χ3n) is 5.48. The molecule has 1 aliphatic heterocycles. The predicted octanol–water partition coefficient (Wildman–Crippen LogP) is 4.64. The van der Waals surface area contributed by atoms with Gasteiger partial charge in [-0.2, -0.15) is 5.10 Å². The van der Waals surface area contributed by atoms with Crippen LogP contribution in [-0.4, -0.2) is 31.0 Å². The van der Waals surface area contributed by atoms with Crippen LogP contribution in [0.2, 0.25) is 0 Å². The van der Waals surface area contributed by atoms with Gasteiger partial charge in [0.1, 0.15) is 5.39 Å². The lowest BCUT2D eigenvalue weighted by Gasteiger charge is -2.14. The van der Waals surface area contributed by atoms with E-state index in [1.54, 1.807) is 15.4 Å². The first-order valence-electron chi connectivity index (χ1n) is 10.2. The lowest BCUT2D eigenvalue weighted by atomic mass is 10.2. The van der Waals surface area contributed by atoms with Gasteiger partial charge in [-0.3, -0.25) is 14.2 Å². The Balaban J connectivity index is 1.44. The molecule has 5 rings (SSSR count). The lowest BCUT2D eigenvalue weighted by Crippen LogP contribution is -2.27. The highest BCUT2D eigenvalue weighted by Crippen LogP contribution is 2.33. The molecule has 0 fully saturated rings. The predicted molar refractivity (Wildman–Crippen MR) is 130 cm³/mol. The number of aromatic nitrogens is 4. The number of aryl methyl sites for hydroxylation is 2. The number of carbonyl (C=O) groups excluding carboxylic acids is 1. The van der Waals surface area contributed by atoms with Crippen molar-refractivity contribution in [3.8, 4) is 5.69 Å². The molecule has 4 aromatic rings. The number of carbonyl (C=O) groups is 1. The van der Waals surface area contributed by atoms with Crippen LogP contribution in [0.15, 0.2) is 63.1 Å². The Hall–Kier alpha value is -2.91. The van der Waals surface area contributed by atoms with E-state index in [0.29, 0.717) is 21.9 Å². The number of thioether (sulfide) groups is 1. The van der Waals surface area contributed by atoms with Crippen LogP contribution >= 0.6 is 27.7 Å². The highest BCUT2D eigenvalue weighted by Gasteiger charge is 2.29. The molecule has 3 heterocycles. The number of amides is 1. The van der Waals surface area contributed by atoms with Gasteiger partial charge in [0.15, 0.2) is 10.8 Å². The molecule has 1 aliphatic rings. The van der Waals surface area contributed by atoms with Gasteiger partial charge < -0.3 is 5.32 Å². The summed E-state index contributed by atoms with van der Waals surface area (Å²) < 4.78 is 4.33. The zero-order chi connectivity index (χ0) is 22.4. The molecule has 0 aliphatic carbocycles. The van der Waals surface area contributed by atoms with Crippen LogP contribution in [0.5, 0.6) is 0 Å². The molecule has 2 aromatic carbocycles. The van der Waals surface area contributed by atoms with E-state index in [9.17, 15) is 9.59 Å². The maximum Gasteiger partial charge on any atom is 0.265 e. The Morgan fingerprint density at radius 3 is 2.88 bits per heavy atom. The van der Waals surface area contributed by atoms with Gasteiger partial charge in [-0.05, 0) is 55.3 Å². The molecule has 2 aromatic heterocycles. The van der Waals surface area contributed by atoms with Crippen molar-refractivity contribution in [3.63, 3.8) is 0 Å². The van der Waals surface area contributed by atoms with Crippen molar-refractivity contribution in [2.75, 3.05) is 11.1 Å². The van der Waals surface area contributed by atoms with Gasteiger partial charge >= 0.3 is 0 Å². The van der Waals surface area contributed by atoms with Crippen LogP contribution in [0.1, 0.15) is 23.6 Å². The quantitative estimate of drug-likeness (QED) is 0.405. The summed E-state index contributed by atoms with van der Waals surface area (Å²) in [5.74, 6) is 0.493. The lowest BCUT2D eigenvalue weighted by molar-refractivity contribution is -0.116. The van der Waals surface area contributed by atoms with Crippen molar-refractivity contribution in [1.29, 1.82) is 0 Å². The van der Waals surface area contributed by atoms with E-state index in [1.165, 1.54) is 11.8 Å². The van der Waals surface area contributed by atoms with E-state index in [2.05, 4.69) is 26.3 Å². The van der Waals surface area contributed by atoms with E-state index in [0.717, 1.165) is 27.0 Å². The van der Waals surface area contributed by atoms with Gasteiger partial charge in [0.2, 0.25) is 5.91 Å². The zero-order valence-electron chi connectivity index (χ0n) is 17.5. The van der Waals surface area contributed by atoms with Crippen molar-refractivity contribution in [2.24, 2.45) is 0 Å². The summed E-state index contributed by atoms with van der Waals surface area (Å²) in [6, 6.07) is 13.3. The van der Waals surface area contributed by atoms with E-state index < -0.39 is 0 Å². The third-order valence-corrected chi connectivity index (χ3v) is 7.47. The minimum absolute atomic E-state index is 0.132. The normalized spacial score (nSPS) is 15.2. The number of fused-ring (bicyclic) bond motifs is 2. The highest BCUT2D eigenvalue weighted by atomic mass is 79.9. The second-order valence-corrected chi connectivity index (χ2v) is 9.72. The number of hydrogen-bond acceptors (Lipinski definition) is 5. The van der Waals surface area contributed by atoms with Crippen molar-refractivity contribution in [3.05, 3.63) is 74.6 Å². The molecule has 1 amide bonds. The molecular formula is C23H20BrN5O2S. The number of rotatable bonds is 4. The van der Waals surface area contributed by atoms with E-state index in [4.69, 9.17) is 4.98 Å². The first-order valence-corrected chi connectivity index (χ1v) is 11.9. The Labute approximate surface area is 197 Å². The molecule has 162 valence electrons. The maximum absolute atomic E-state index is 13.3. The Kier molecular flexibility index (Phi) is 5.38. The summed E-state index contributed by atoms with van der Waals surface area (Å²) >= 11 is 4.96. The van der Waals surface area contributed by atoms with Gasteiger partial charge in [-0.25, -0.2) is 9.67 Å². The summed E-state index contributed by atoms with van der Waals surface area (Å²) in [5, 5.41) is 8.42.